The van der Waals surface area contributed by atoms with Gasteiger partial charge in [0.25, 0.3) is 0 Å². The van der Waals surface area contributed by atoms with Crippen LogP contribution in [0.4, 0.5) is 4.79 Å². The van der Waals surface area contributed by atoms with Crippen LogP contribution in [-0.4, -0.2) is 64.4 Å². The molecule has 2 aliphatic rings. The number of β-amino-alcohol motifs (C(OH)–C–C–N with tert-alkyl or cyclic N) is 1. The van der Waals surface area contributed by atoms with Crippen LogP contribution in [0.25, 0.3) is 11.1 Å². The first-order chi connectivity index (χ1) is 16.3. The zero-order chi connectivity index (χ0) is 24.4. The minimum absolute atomic E-state index is 0.0274. The predicted octanol–water partition coefficient (Wildman–Crippen LogP) is 2.99. The van der Waals surface area contributed by atoms with E-state index >= 15 is 0 Å². The van der Waals surface area contributed by atoms with Crippen molar-refractivity contribution in [3.05, 3.63) is 59.7 Å². The molecule has 8 heteroatoms. The molecule has 3 N–H and O–H groups in total. The van der Waals surface area contributed by atoms with Gasteiger partial charge < -0.3 is 25.2 Å². The number of nitrogens with zero attached hydrogens (tertiary/aromatic N) is 1. The topological polar surface area (TPSA) is 116 Å². The van der Waals surface area contributed by atoms with Gasteiger partial charge in [0.15, 0.2) is 0 Å². The molecule has 4 rings (SSSR count). The summed E-state index contributed by atoms with van der Waals surface area (Å²) in [7, 11) is 0. The highest BCUT2D eigenvalue weighted by atomic mass is 16.5. The number of aliphatic hydroxyl groups is 1. The number of benzene rings is 2. The van der Waals surface area contributed by atoms with Crippen molar-refractivity contribution in [3.8, 4) is 11.1 Å². The molecular weight excluding hydrogens is 436 g/mol. The Balaban J connectivity index is 1.45. The number of carbonyl (C=O) groups excluding carboxylic acids is 2. The fourth-order valence-corrected chi connectivity index (χ4v) is 4.97. The van der Waals surface area contributed by atoms with Crippen LogP contribution in [0, 0.1) is 5.92 Å². The monoisotopic (exact) mass is 466 g/mol. The second-order valence-corrected chi connectivity index (χ2v) is 9.39. The summed E-state index contributed by atoms with van der Waals surface area (Å²) in [6, 6.07) is 14.0. The Morgan fingerprint density at radius 2 is 1.65 bits per heavy atom. The highest BCUT2D eigenvalue weighted by molar-refractivity contribution is 5.90. The quantitative estimate of drug-likeness (QED) is 0.578. The van der Waals surface area contributed by atoms with E-state index in [0.717, 1.165) is 27.2 Å². The number of amides is 2. The van der Waals surface area contributed by atoms with E-state index in [2.05, 4.69) is 17.4 Å². The van der Waals surface area contributed by atoms with Gasteiger partial charge in [-0.3, -0.25) is 4.79 Å². The molecule has 0 aromatic heterocycles. The predicted molar refractivity (Wildman–Crippen MR) is 125 cm³/mol. The van der Waals surface area contributed by atoms with Crippen molar-refractivity contribution >= 4 is 18.0 Å². The number of fused-ring (bicyclic) bond motifs is 3. The van der Waals surface area contributed by atoms with E-state index < -0.39 is 36.2 Å². The number of carboxylic acid groups (broad SMARTS) is 1. The maximum atomic E-state index is 13.1. The molecule has 1 aliphatic heterocycles. The van der Waals surface area contributed by atoms with Crippen LogP contribution in [0.15, 0.2) is 48.5 Å². The van der Waals surface area contributed by atoms with Gasteiger partial charge in [-0.25, -0.2) is 9.59 Å². The second-order valence-electron chi connectivity index (χ2n) is 9.39. The van der Waals surface area contributed by atoms with Crippen LogP contribution in [0.2, 0.25) is 0 Å². The lowest BCUT2D eigenvalue weighted by Crippen LogP contribution is -2.52. The maximum Gasteiger partial charge on any atom is 0.407 e. The number of aliphatic carboxylic acids is 1. The number of nitrogens with one attached hydrogen (secondary N) is 1. The van der Waals surface area contributed by atoms with Gasteiger partial charge in [-0.15, -0.1) is 0 Å². The van der Waals surface area contributed by atoms with Crippen molar-refractivity contribution in [1.29, 1.82) is 0 Å². The van der Waals surface area contributed by atoms with Crippen LogP contribution in [0.5, 0.6) is 0 Å². The van der Waals surface area contributed by atoms with Crippen LogP contribution in [0.3, 0.4) is 0 Å². The molecule has 1 saturated heterocycles. The fraction of sp³-hybridized carbons (Fsp3) is 0.423. The van der Waals surface area contributed by atoms with Crippen molar-refractivity contribution in [1.82, 2.24) is 10.2 Å². The van der Waals surface area contributed by atoms with E-state index in [4.69, 9.17) is 4.74 Å². The third-order valence-electron chi connectivity index (χ3n) is 6.49. The number of carboxylic acids is 1. The molecule has 1 aliphatic carbocycles. The Labute approximate surface area is 198 Å². The minimum atomic E-state index is -1.17. The Hall–Kier alpha value is -3.39. The minimum Gasteiger partial charge on any atom is -0.480 e. The molecule has 180 valence electrons. The molecule has 0 bridgehead atoms. The average Bonchev–Trinajstić information content (AvgIpc) is 3.35. The molecule has 1 heterocycles. The van der Waals surface area contributed by atoms with E-state index in [1.54, 1.807) is 0 Å². The van der Waals surface area contributed by atoms with Crippen LogP contribution in [0.1, 0.15) is 43.7 Å². The summed E-state index contributed by atoms with van der Waals surface area (Å²) >= 11 is 0. The SMILES string of the molecule is CC(C)C[C@@H](NC(=O)OCC1c2ccccc2-c2ccccc21)C(=O)N1CC(O)CC1C(=O)O. The molecule has 0 radical (unpaired) electrons. The first-order valence-corrected chi connectivity index (χ1v) is 11.6. The molecule has 2 amide bonds. The molecule has 3 atom stereocenters. The average molecular weight is 467 g/mol. The van der Waals surface area contributed by atoms with Gasteiger partial charge in [-0.1, -0.05) is 62.4 Å². The maximum absolute atomic E-state index is 13.1. The third-order valence-corrected chi connectivity index (χ3v) is 6.49. The van der Waals surface area contributed by atoms with Crippen LogP contribution < -0.4 is 5.32 Å². The number of rotatable bonds is 7. The number of alkyl carbamates (subject to hydrolysis) is 1. The number of hydrogen-bond acceptors (Lipinski definition) is 5. The lowest BCUT2D eigenvalue weighted by molar-refractivity contribution is -0.149. The van der Waals surface area contributed by atoms with Crippen LogP contribution >= 0.6 is 0 Å². The molecule has 8 nitrogen and oxygen atoms in total. The standard InChI is InChI=1S/C26H30N2O6/c1-15(2)11-22(24(30)28-13-16(29)12-23(28)25(31)32)27-26(33)34-14-21-19-9-5-3-7-17(19)18-8-4-6-10-20(18)21/h3-10,15-16,21-23,29H,11-14H2,1-2H3,(H,27,33)(H,31,32)/t16?,22-,23?/m1/s1. The number of carbonyl (C=O) groups is 3. The summed E-state index contributed by atoms with van der Waals surface area (Å²) in [5.74, 6) is -1.73. The largest absolute Gasteiger partial charge is 0.480 e. The number of ether oxygens (including phenoxy) is 1. The van der Waals surface area contributed by atoms with Crippen molar-refractivity contribution < 1.29 is 29.3 Å². The van der Waals surface area contributed by atoms with Crippen molar-refractivity contribution in [3.63, 3.8) is 0 Å². The van der Waals surface area contributed by atoms with E-state index in [9.17, 15) is 24.6 Å². The summed E-state index contributed by atoms with van der Waals surface area (Å²) in [6.07, 6.45) is -1.34. The van der Waals surface area contributed by atoms with Gasteiger partial charge in [0, 0.05) is 18.9 Å². The van der Waals surface area contributed by atoms with Crippen molar-refractivity contribution in [2.24, 2.45) is 5.92 Å². The van der Waals surface area contributed by atoms with E-state index in [-0.39, 0.29) is 31.4 Å². The summed E-state index contributed by atoms with van der Waals surface area (Å²) in [5.41, 5.74) is 4.41. The lowest BCUT2D eigenvalue weighted by atomic mass is 9.98. The zero-order valence-corrected chi connectivity index (χ0v) is 19.3. The van der Waals surface area contributed by atoms with Crippen molar-refractivity contribution in [2.45, 2.75) is 50.8 Å². The first-order valence-electron chi connectivity index (χ1n) is 11.6. The summed E-state index contributed by atoms with van der Waals surface area (Å²) in [6.45, 7) is 3.86. The van der Waals surface area contributed by atoms with E-state index in [1.165, 1.54) is 0 Å². The highest BCUT2D eigenvalue weighted by Crippen LogP contribution is 2.44. The molecule has 1 fully saturated rings. The van der Waals surface area contributed by atoms with Gasteiger partial charge >= 0.3 is 12.1 Å². The molecule has 34 heavy (non-hydrogen) atoms. The molecular formula is C26H30N2O6. The zero-order valence-electron chi connectivity index (χ0n) is 19.3. The summed E-state index contributed by atoms with van der Waals surface area (Å²) in [5, 5.41) is 22.0. The molecule has 2 aromatic carbocycles. The van der Waals surface area contributed by atoms with Crippen LogP contribution in [-0.2, 0) is 14.3 Å². The van der Waals surface area contributed by atoms with Gasteiger partial charge in [0.1, 0.15) is 18.7 Å². The summed E-state index contributed by atoms with van der Waals surface area (Å²) in [4.78, 5) is 38.6. The van der Waals surface area contributed by atoms with E-state index in [1.807, 2.05) is 50.2 Å². The first kappa shape index (κ1) is 23.8. The van der Waals surface area contributed by atoms with E-state index in [0.29, 0.717) is 6.42 Å². The summed E-state index contributed by atoms with van der Waals surface area (Å²) < 4.78 is 5.57. The van der Waals surface area contributed by atoms with Gasteiger partial charge in [-0.05, 0) is 34.6 Å². The lowest BCUT2D eigenvalue weighted by Gasteiger charge is -2.28. The van der Waals surface area contributed by atoms with Gasteiger partial charge in [0.05, 0.1) is 6.10 Å². The van der Waals surface area contributed by atoms with Gasteiger partial charge in [-0.2, -0.15) is 0 Å². The fourth-order valence-electron chi connectivity index (χ4n) is 4.97. The highest BCUT2D eigenvalue weighted by Gasteiger charge is 2.41. The second kappa shape index (κ2) is 9.85. The Morgan fingerprint density at radius 1 is 1.06 bits per heavy atom. The van der Waals surface area contributed by atoms with Gasteiger partial charge in [0.2, 0.25) is 5.91 Å². The molecule has 2 unspecified atom stereocenters. The Bertz CT molecular complexity index is 1040. The number of likely N-dealkylation sites (tertiary alicyclic amines) is 1. The number of hydrogen-bond donors (Lipinski definition) is 3. The Kier molecular flexibility index (Phi) is 6.88. The third kappa shape index (κ3) is 4.77. The molecule has 0 spiro atoms. The molecule has 0 saturated carbocycles. The normalized spacial score (nSPS) is 20.1. The Morgan fingerprint density at radius 3 is 2.21 bits per heavy atom. The number of aliphatic hydroxyl groups excluding tert-OH is 1. The smallest absolute Gasteiger partial charge is 0.407 e. The molecule has 2 aromatic rings. The van der Waals surface area contributed by atoms with Crippen molar-refractivity contribution in [2.75, 3.05) is 13.2 Å².